The van der Waals surface area contributed by atoms with Gasteiger partial charge in [0.15, 0.2) is 17.3 Å². The van der Waals surface area contributed by atoms with Gasteiger partial charge >= 0.3 is 0 Å². The van der Waals surface area contributed by atoms with E-state index in [4.69, 9.17) is 4.74 Å². The van der Waals surface area contributed by atoms with E-state index >= 15 is 0 Å². The first-order valence-corrected chi connectivity index (χ1v) is 10.2. The first-order valence-electron chi connectivity index (χ1n) is 10.2. The number of ether oxygens (including phenoxy) is 1. The lowest BCUT2D eigenvalue weighted by atomic mass is 9.73. The second kappa shape index (κ2) is 8.26. The van der Waals surface area contributed by atoms with Gasteiger partial charge in [0.1, 0.15) is 5.82 Å². The largest absolute Gasteiger partial charge is 0.504 e. The van der Waals surface area contributed by atoms with Gasteiger partial charge in [-0.3, -0.25) is 9.59 Å². The SMILES string of the molecule is COc1cc([C@H]2C(C(=O)Nc3ccccn3)=C(C)NC3=C2C(=O)C[C@@H](C)C3)ccc1O. The highest BCUT2D eigenvalue weighted by atomic mass is 16.5. The summed E-state index contributed by atoms with van der Waals surface area (Å²) in [6.45, 7) is 3.88. The molecule has 160 valence electrons. The quantitative estimate of drug-likeness (QED) is 0.699. The Morgan fingerprint density at radius 2 is 2.06 bits per heavy atom. The van der Waals surface area contributed by atoms with Crippen LogP contribution in [-0.4, -0.2) is 28.9 Å². The van der Waals surface area contributed by atoms with Crippen molar-refractivity contribution in [3.63, 3.8) is 0 Å². The number of aromatic nitrogens is 1. The van der Waals surface area contributed by atoms with E-state index in [0.717, 1.165) is 12.1 Å². The van der Waals surface area contributed by atoms with Gasteiger partial charge in [-0.2, -0.15) is 0 Å². The van der Waals surface area contributed by atoms with Crippen LogP contribution in [0.3, 0.4) is 0 Å². The molecule has 1 aliphatic carbocycles. The molecule has 1 aliphatic heterocycles. The third-order valence-electron chi connectivity index (χ3n) is 5.72. The van der Waals surface area contributed by atoms with E-state index in [9.17, 15) is 14.7 Å². The molecule has 0 fully saturated rings. The predicted octanol–water partition coefficient (Wildman–Crippen LogP) is 3.65. The molecule has 2 heterocycles. The molecule has 1 aromatic heterocycles. The second-order valence-corrected chi connectivity index (χ2v) is 8.03. The van der Waals surface area contributed by atoms with E-state index in [2.05, 4.69) is 15.6 Å². The maximum Gasteiger partial charge on any atom is 0.255 e. The van der Waals surface area contributed by atoms with Crippen molar-refractivity contribution in [2.75, 3.05) is 12.4 Å². The molecule has 1 aromatic carbocycles. The summed E-state index contributed by atoms with van der Waals surface area (Å²) in [7, 11) is 1.47. The van der Waals surface area contributed by atoms with Crippen molar-refractivity contribution in [3.05, 3.63) is 70.7 Å². The topological polar surface area (TPSA) is 101 Å². The maximum absolute atomic E-state index is 13.4. The normalized spacial score (nSPS) is 20.8. The van der Waals surface area contributed by atoms with E-state index < -0.39 is 5.92 Å². The van der Waals surface area contributed by atoms with Gasteiger partial charge in [-0.25, -0.2) is 4.98 Å². The summed E-state index contributed by atoms with van der Waals surface area (Å²) >= 11 is 0. The van der Waals surface area contributed by atoms with E-state index in [1.807, 2.05) is 13.8 Å². The van der Waals surface area contributed by atoms with E-state index in [0.29, 0.717) is 34.6 Å². The molecule has 7 nitrogen and oxygen atoms in total. The number of phenols is 1. The van der Waals surface area contributed by atoms with Crippen molar-refractivity contribution in [1.82, 2.24) is 10.3 Å². The van der Waals surface area contributed by atoms with Crippen LogP contribution in [0.5, 0.6) is 11.5 Å². The number of hydrogen-bond donors (Lipinski definition) is 3. The van der Waals surface area contributed by atoms with E-state index in [1.165, 1.54) is 13.2 Å². The molecule has 3 N–H and O–H groups in total. The first kappa shape index (κ1) is 20.7. The standard InChI is InChI=1S/C24H25N3O4/c1-13-10-16-23(18(29)11-13)22(15-7-8-17(28)19(12-15)31-3)21(14(2)26-16)24(30)27-20-6-4-5-9-25-20/h4-9,12-13,22,26,28H,10-11H2,1-3H3,(H,25,27,30)/t13-,22-/m0/s1. The number of nitrogens with zero attached hydrogens (tertiary/aromatic N) is 1. The highest BCUT2D eigenvalue weighted by Gasteiger charge is 2.40. The van der Waals surface area contributed by atoms with Crippen LogP contribution >= 0.6 is 0 Å². The molecular weight excluding hydrogens is 394 g/mol. The number of amides is 1. The van der Waals surface area contributed by atoms with Gasteiger partial charge in [0.05, 0.1) is 7.11 Å². The number of rotatable bonds is 4. The number of anilines is 1. The smallest absolute Gasteiger partial charge is 0.255 e. The monoisotopic (exact) mass is 419 g/mol. The molecule has 0 saturated carbocycles. The Morgan fingerprint density at radius 1 is 1.26 bits per heavy atom. The number of methoxy groups -OCH3 is 1. The zero-order valence-corrected chi connectivity index (χ0v) is 17.7. The zero-order valence-electron chi connectivity index (χ0n) is 17.7. The number of nitrogens with one attached hydrogen (secondary N) is 2. The fourth-order valence-electron chi connectivity index (χ4n) is 4.36. The van der Waals surface area contributed by atoms with Crippen molar-refractivity contribution in [2.24, 2.45) is 5.92 Å². The third-order valence-corrected chi connectivity index (χ3v) is 5.72. The summed E-state index contributed by atoms with van der Waals surface area (Å²) in [5.41, 5.74) is 3.29. The van der Waals surface area contributed by atoms with Crippen molar-refractivity contribution in [2.45, 2.75) is 32.6 Å². The minimum atomic E-state index is -0.575. The average Bonchev–Trinajstić information content (AvgIpc) is 2.73. The van der Waals surface area contributed by atoms with Crippen LogP contribution in [0.25, 0.3) is 0 Å². The lowest BCUT2D eigenvalue weighted by Gasteiger charge is -2.36. The molecule has 0 bridgehead atoms. The van der Waals surface area contributed by atoms with Gasteiger partial charge in [0.2, 0.25) is 0 Å². The van der Waals surface area contributed by atoms with Crippen LogP contribution in [0.2, 0.25) is 0 Å². The lowest BCUT2D eigenvalue weighted by Crippen LogP contribution is -2.37. The second-order valence-electron chi connectivity index (χ2n) is 8.03. The Morgan fingerprint density at radius 3 is 2.77 bits per heavy atom. The zero-order chi connectivity index (χ0) is 22.1. The minimum absolute atomic E-state index is 0.00170. The van der Waals surface area contributed by atoms with Crippen LogP contribution < -0.4 is 15.4 Å². The molecule has 2 aliphatic rings. The Bertz CT molecular complexity index is 1110. The van der Waals surface area contributed by atoms with Crippen molar-refractivity contribution in [1.29, 1.82) is 0 Å². The summed E-state index contributed by atoms with van der Waals surface area (Å²) in [5, 5.41) is 16.2. The van der Waals surface area contributed by atoms with Crippen LogP contribution in [0.15, 0.2) is 65.1 Å². The first-order chi connectivity index (χ1) is 14.9. The molecule has 0 radical (unpaired) electrons. The van der Waals surface area contributed by atoms with Crippen molar-refractivity contribution >= 4 is 17.5 Å². The van der Waals surface area contributed by atoms with Crippen LogP contribution in [0, 0.1) is 5.92 Å². The number of aromatic hydroxyl groups is 1. The number of Topliss-reactive ketones (excluding diaryl/α,β-unsaturated/α-hetero) is 1. The number of allylic oxidation sites excluding steroid dienone is 3. The van der Waals surface area contributed by atoms with Gasteiger partial charge in [-0.15, -0.1) is 0 Å². The number of pyridine rings is 1. The molecule has 2 atom stereocenters. The summed E-state index contributed by atoms with van der Waals surface area (Å²) in [6, 6.07) is 10.2. The van der Waals surface area contributed by atoms with Crippen molar-refractivity contribution < 1.29 is 19.4 Å². The molecule has 7 heteroatoms. The molecule has 2 aromatic rings. The number of ketones is 1. The summed E-state index contributed by atoms with van der Waals surface area (Å²) in [6.07, 6.45) is 2.77. The molecule has 0 saturated heterocycles. The van der Waals surface area contributed by atoms with Gasteiger partial charge in [-0.05, 0) is 49.1 Å². The Labute approximate surface area is 180 Å². The van der Waals surface area contributed by atoms with Gasteiger partial charge in [-0.1, -0.05) is 19.1 Å². The van der Waals surface area contributed by atoms with Gasteiger partial charge < -0.3 is 20.5 Å². The van der Waals surface area contributed by atoms with E-state index in [-0.39, 0.29) is 29.1 Å². The third kappa shape index (κ3) is 3.91. The Hall–Kier alpha value is -3.61. The van der Waals surface area contributed by atoms with Crippen LogP contribution in [0.1, 0.15) is 38.2 Å². The number of carbonyl (C=O) groups is 2. The van der Waals surface area contributed by atoms with Gasteiger partial charge in [0, 0.05) is 41.1 Å². The molecule has 1 amide bonds. The number of hydrogen-bond acceptors (Lipinski definition) is 6. The molecule has 4 rings (SSSR count). The fraction of sp³-hybridized carbons (Fsp3) is 0.292. The van der Waals surface area contributed by atoms with Crippen LogP contribution in [0.4, 0.5) is 5.82 Å². The number of dihydropyridines is 1. The number of benzene rings is 1. The highest BCUT2D eigenvalue weighted by molar-refractivity contribution is 6.09. The maximum atomic E-state index is 13.4. The van der Waals surface area contributed by atoms with Crippen LogP contribution in [-0.2, 0) is 9.59 Å². The highest BCUT2D eigenvalue weighted by Crippen LogP contribution is 2.45. The molecular formula is C24H25N3O4. The van der Waals surface area contributed by atoms with Crippen molar-refractivity contribution in [3.8, 4) is 11.5 Å². The summed E-state index contributed by atoms with van der Waals surface area (Å²) < 4.78 is 5.28. The Balaban J connectivity index is 1.83. The predicted molar refractivity (Wildman–Crippen MR) is 117 cm³/mol. The van der Waals surface area contributed by atoms with Gasteiger partial charge in [0.25, 0.3) is 5.91 Å². The summed E-state index contributed by atoms with van der Waals surface area (Å²) in [5.74, 6) is 0.0564. The molecule has 31 heavy (non-hydrogen) atoms. The number of phenolic OH excluding ortho intramolecular Hbond substituents is 1. The number of carbonyl (C=O) groups excluding carboxylic acids is 2. The minimum Gasteiger partial charge on any atom is -0.504 e. The fourth-order valence-corrected chi connectivity index (χ4v) is 4.36. The molecule has 0 unspecified atom stereocenters. The molecule has 0 spiro atoms. The summed E-state index contributed by atoms with van der Waals surface area (Å²) in [4.78, 5) is 30.7. The van der Waals surface area contributed by atoms with E-state index in [1.54, 1.807) is 36.5 Å². The Kier molecular flexibility index (Phi) is 5.50. The average molecular weight is 419 g/mol. The lowest BCUT2D eigenvalue weighted by molar-refractivity contribution is -0.117.